The molecule has 8 atom stereocenters. The Bertz CT molecular complexity index is 606. The van der Waals surface area contributed by atoms with Gasteiger partial charge in [-0.05, 0) is 51.9 Å². The standard InChI is InChI=1S/C21H32O7/c1-21(2)27-18-17(23-7-6-22)16(26-20(18)28-21)15-11-24-19(25-15)14-9-12-4-3-5-13(8-12)10-14/h9,13-20,22H,3-8,10-11H2,1-2H3. The first-order valence-corrected chi connectivity index (χ1v) is 10.7. The third-order valence-corrected chi connectivity index (χ3v) is 6.59. The Morgan fingerprint density at radius 2 is 2.07 bits per heavy atom. The molecule has 0 aromatic rings. The zero-order valence-corrected chi connectivity index (χ0v) is 16.7. The lowest BCUT2D eigenvalue weighted by molar-refractivity contribution is -0.232. The van der Waals surface area contributed by atoms with Crippen LogP contribution in [0.4, 0.5) is 0 Å². The van der Waals surface area contributed by atoms with Gasteiger partial charge in [0.15, 0.2) is 18.4 Å². The first kappa shape index (κ1) is 19.4. The quantitative estimate of drug-likeness (QED) is 0.714. The largest absolute Gasteiger partial charge is 0.394 e. The highest BCUT2D eigenvalue weighted by Gasteiger charge is 2.58. The summed E-state index contributed by atoms with van der Waals surface area (Å²) in [5.74, 6) is 0.392. The minimum Gasteiger partial charge on any atom is -0.394 e. The number of allylic oxidation sites excluding steroid dienone is 1. The summed E-state index contributed by atoms with van der Waals surface area (Å²) in [6.45, 7) is 4.38. The van der Waals surface area contributed by atoms with Gasteiger partial charge in [-0.1, -0.05) is 11.6 Å². The van der Waals surface area contributed by atoms with Crippen molar-refractivity contribution < 1.29 is 33.5 Å². The van der Waals surface area contributed by atoms with Crippen LogP contribution < -0.4 is 0 Å². The van der Waals surface area contributed by atoms with Crippen molar-refractivity contribution in [2.75, 3.05) is 19.8 Å². The third-order valence-electron chi connectivity index (χ3n) is 6.59. The predicted octanol–water partition coefficient (Wildman–Crippen LogP) is 2.12. The van der Waals surface area contributed by atoms with Gasteiger partial charge in [-0.15, -0.1) is 0 Å². The monoisotopic (exact) mass is 396 g/mol. The molecule has 5 rings (SSSR count). The summed E-state index contributed by atoms with van der Waals surface area (Å²) in [6.07, 6.45) is 6.70. The van der Waals surface area contributed by atoms with Crippen molar-refractivity contribution in [3.63, 3.8) is 0 Å². The summed E-state index contributed by atoms with van der Waals surface area (Å²) in [6, 6.07) is 0. The van der Waals surface area contributed by atoms with E-state index in [2.05, 4.69) is 6.08 Å². The van der Waals surface area contributed by atoms with Gasteiger partial charge in [0, 0.05) is 5.92 Å². The maximum absolute atomic E-state index is 9.21. The topological polar surface area (TPSA) is 75.6 Å². The highest BCUT2D eigenvalue weighted by atomic mass is 16.8. The number of rotatable bonds is 5. The highest BCUT2D eigenvalue weighted by Crippen LogP contribution is 2.44. The Hall–Kier alpha value is -0.540. The first-order chi connectivity index (χ1) is 13.5. The summed E-state index contributed by atoms with van der Waals surface area (Å²) in [7, 11) is 0. The van der Waals surface area contributed by atoms with Gasteiger partial charge in [-0.2, -0.15) is 0 Å². The second-order valence-electron chi connectivity index (χ2n) is 9.19. The molecule has 0 radical (unpaired) electrons. The van der Waals surface area contributed by atoms with Crippen LogP contribution in [0.2, 0.25) is 0 Å². The molecule has 28 heavy (non-hydrogen) atoms. The summed E-state index contributed by atoms with van der Waals surface area (Å²) in [4.78, 5) is 0. The van der Waals surface area contributed by atoms with Crippen LogP contribution in [0.25, 0.3) is 0 Å². The Morgan fingerprint density at radius 1 is 1.18 bits per heavy atom. The second-order valence-corrected chi connectivity index (χ2v) is 9.19. The van der Waals surface area contributed by atoms with Crippen LogP contribution in [0.15, 0.2) is 11.6 Å². The zero-order valence-electron chi connectivity index (χ0n) is 16.7. The van der Waals surface area contributed by atoms with E-state index in [9.17, 15) is 5.11 Å². The van der Waals surface area contributed by atoms with Gasteiger partial charge in [0.1, 0.15) is 24.4 Å². The maximum atomic E-state index is 9.21. The highest BCUT2D eigenvalue weighted by molar-refractivity contribution is 5.13. The zero-order chi connectivity index (χ0) is 19.3. The van der Waals surface area contributed by atoms with Gasteiger partial charge in [0.05, 0.1) is 19.8 Å². The van der Waals surface area contributed by atoms with Gasteiger partial charge in [0.25, 0.3) is 0 Å². The molecule has 3 saturated heterocycles. The maximum Gasteiger partial charge on any atom is 0.190 e. The summed E-state index contributed by atoms with van der Waals surface area (Å²) >= 11 is 0. The van der Waals surface area contributed by atoms with Gasteiger partial charge < -0.3 is 33.5 Å². The number of aliphatic hydroxyl groups is 1. The van der Waals surface area contributed by atoms with Crippen molar-refractivity contribution in [1.29, 1.82) is 0 Å². The van der Waals surface area contributed by atoms with E-state index in [1.165, 1.54) is 25.7 Å². The average molecular weight is 396 g/mol. The van der Waals surface area contributed by atoms with Crippen LogP contribution in [0, 0.1) is 11.8 Å². The SMILES string of the molecule is CC1(C)OC2OC(C3COC(C4C=C5CCCC(C5)C4)O3)C(OCCO)C2O1. The Kier molecular flexibility index (Phi) is 5.28. The molecular weight excluding hydrogens is 364 g/mol. The van der Waals surface area contributed by atoms with E-state index in [0.29, 0.717) is 12.5 Å². The molecule has 3 aliphatic heterocycles. The van der Waals surface area contributed by atoms with Crippen molar-refractivity contribution in [2.24, 2.45) is 11.8 Å². The molecule has 0 amide bonds. The van der Waals surface area contributed by atoms with E-state index in [4.69, 9.17) is 28.4 Å². The molecular formula is C21H32O7. The third kappa shape index (κ3) is 3.67. The van der Waals surface area contributed by atoms with E-state index in [1.54, 1.807) is 5.57 Å². The van der Waals surface area contributed by atoms with Crippen LogP contribution in [-0.4, -0.2) is 67.7 Å². The first-order valence-electron chi connectivity index (χ1n) is 10.7. The molecule has 5 aliphatic rings. The van der Waals surface area contributed by atoms with E-state index in [0.717, 1.165) is 12.3 Å². The molecule has 3 heterocycles. The van der Waals surface area contributed by atoms with Crippen LogP contribution in [0.5, 0.6) is 0 Å². The van der Waals surface area contributed by atoms with Crippen molar-refractivity contribution in [3.05, 3.63) is 11.6 Å². The Morgan fingerprint density at radius 3 is 2.89 bits per heavy atom. The summed E-state index contributed by atoms with van der Waals surface area (Å²) in [5, 5.41) is 9.21. The molecule has 158 valence electrons. The smallest absolute Gasteiger partial charge is 0.190 e. The van der Waals surface area contributed by atoms with E-state index in [-0.39, 0.29) is 43.9 Å². The number of aliphatic hydroxyl groups excluding tert-OH is 1. The van der Waals surface area contributed by atoms with Crippen molar-refractivity contribution in [3.8, 4) is 0 Å². The molecule has 7 nitrogen and oxygen atoms in total. The fourth-order valence-electron chi connectivity index (χ4n) is 5.51. The molecule has 4 fully saturated rings. The van der Waals surface area contributed by atoms with E-state index < -0.39 is 12.1 Å². The molecule has 1 saturated carbocycles. The normalized spacial score (nSPS) is 47.2. The van der Waals surface area contributed by atoms with Crippen LogP contribution >= 0.6 is 0 Å². The lowest BCUT2D eigenvalue weighted by atomic mass is 9.74. The van der Waals surface area contributed by atoms with Gasteiger partial charge in [-0.3, -0.25) is 0 Å². The average Bonchev–Trinajstić information content (AvgIpc) is 3.32. The lowest BCUT2D eigenvalue weighted by Gasteiger charge is -2.35. The summed E-state index contributed by atoms with van der Waals surface area (Å²) < 4.78 is 36.3. The predicted molar refractivity (Wildman–Crippen MR) is 98.3 cm³/mol. The van der Waals surface area contributed by atoms with Crippen LogP contribution in [0.1, 0.15) is 46.0 Å². The number of hydrogen-bond donors (Lipinski definition) is 1. The van der Waals surface area contributed by atoms with Crippen molar-refractivity contribution >= 4 is 0 Å². The molecule has 1 N–H and O–H groups in total. The number of fused-ring (bicyclic) bond motifs is 3. The van der Waals surface area contributed by atoms with Crippen LogP contribution in [-0.2, 0) is 28.4 Å². The number of ether oxygens (including phenoxy) is 6. The summed E-state index contributed by atoms with van der Waals surface area (Å²) in [5.41, 5.74) is 1.57. The minimum atomic E-state index is -0.706. The fourth-order valence-corrected chi connectivity index (χ4v) is 5.51. The lowest BCUT2D eigenvalue weighted by Crippen LogP contribution is -2.44. The Balaban J connectivity index is 1.26. The van der Waals surface area contributed by atoms with Crippen molar-refractivity contribution in [1.82, 2.24) is 0 Å². The van der Waals surface area contributed by atoms with E-state index in [1.807, 2.05) is 13.8 Å². The molecule has 2 bridgehead atoms. The van der Waals surface area contributed by atoms with Crippen LogP contribution in [0.3, 0.4) is 0 Å². The second kappa shape index (κ2) is 7.61. The molecule has 0 aromatic heterocycles. The molecule has 0 aromatic carbocycles. The van der Waals surface area contributed by atoms with Gasteiger partial charge >= 0.3 is 0 Å². The molecule has 7 heteroatoms. The van der Waals surface area contributed by atoms with Gasteiger partial charge in [0.2, 0.25) is 0 Å². The van der Waals surface area contributed by atoms with Gasteiger partial charge in [-0.25, -0.2) is 0 Å². The minimum absolute atomic E-state index is 0.0491. The Labute approximate surface area is 166 Å². The van der Waals surface area contributed by atoms with Crippen molar-refractivity contribution in [2.45, 2.75) is 88.7 Å². The molecule has 0 spiro atoms. The molecule has 8 unspecified atom stereocenters. The van der Waals surface area contributed by atoms with E-state index >= 15 is 0 Å². The fraction of sp³-hybridized carbons (Fsp3) is 0.905. The molecule has 2 aliphatic carbocycles. The number of hydrogen-bond acceptors (Lipinski definition) is 7.